The maximum Gasteiger partial charge on any atom is 0.247 e. The van der Waals surface area contributed by atoms with Crippen molar-refractivity contribution in [1.82, 2.24) is 4.98 Å². The second-order valence-electron chi connectivity index (χ2n) is 4.40. The fourth-order valence-electron chi connectivity index (χ4n) is 2.15. The molecule has 0 radical (unpaired) electrons. The first-order chi connectivity index (χ1) is 9.24. The van der Waals surface area contributed by atoms with E-state index in [1.54, 1.807) is 18.5 Å². The summed E-state index contributed by atoms with van der Waals surface area (Å²) in [6.07, 6.45) is 3.81. The lowest BCUT2D eigenvalue weighted by molar-refractivity contribution is -0.116. The highest BCUT2D eigenvalue weighted by Gasteiger charge is 2.26. The van der Waals surface area contributed by atoms with E-state index in [-0.39, 0.29) is 11.9 Å². The number of hydrogen-bond donors (Lipinski definition) is 2. The number of aromatic nitrogens is 1. The van der Waals surface area contributed by atoms with Gasteiger partial charge in [0, 0.05) is 18.3 Å². The molecule has 96 valence electrons. The van der Waals surface area contributed by atoms with Crippen molar-refractivity contribution in [3.8, 4) is 0 Å². The molecule has 2 N–H and O–H groups in total. The molecule has 0 bridgehead atoms. The number of amides is 1. The van der Waals surface area contributed by atoms with Crippen molar-refractivity contribution >= 4 is 28.9 Å². The van der Waals surface area contributed by atoms with Gasteiger partial charge in [0.1, 0.15) is 6.04 Å². The van der Waals surface area contributed by atoms with Gasteiger partial charge in [-0.25, -0.2) is 0 Å². The van der Waals surface area contributed by atoms with Crippen LogP contribution in [0.3, 0.4) is 0 Å². The molecule has 1 aromatic heterocycles. The van der Waals surface area contributed by atoms with Crippen LogP contribution in [0.25, 0.3) is 0 Å². The van der Waals surface area contributed by atoms with E-state index in [0.717, 1.165) is 11.3 Å². The third-order valence-electron chi connectivity index (χ3n) is 3.11. The first kappa shape index (κ1) is 12.0. The van der Waals surface area contributed by atoms with Gasteiger partial charge in [0.2, 0.25) is 5.91 Å². The van der Waals surface area contributed by atoms with Crippen molar-refractivity contribution in [1.29, 1.82) is 0 Å². The van der Waals surface area contributed by atoms with E-state index in [1.807, 2.05) is 24.3 Å². The van der Waals surface area contributed by atoms with Crippen LogP contribution >= 0.6 is 11.6 Å². The molecule has 0 unspecified atom stereocenters. The molecule has 0 fully saturated rings. The summed E-state index contributed by atoms with van der Waals surface area (Å²) < 4.78 is 0. The highest BCUT2D eigenvalue weighted by molar-refractivity contribution is 6.33. The van der Waals surface area contributed by atoms with Gasteiger partial charge in [0.15, 0.2) is 0 Å². The molecular weight excluding hydrogens is 262 g/mol. The molecule has 1 amide bonds. The highest BCUT2D eigenvalue weighted by Crippen LogP contribution is 2.26. The molecule has 1 aromatic carbocycles. The number of carbonyl (C=O) groups is 1. The van der Waals surface area contributed by atoms with Gasteiger partial charge in [-0.3, -0.25) is 9.78 Å². The average Bonchev–Trinajstić information content (AvgIpc) is 2.85. The number of fused-ring (bicyclic) bond motifs is 1. The number of nitrogens with one attached hydrogen (secondary N) is 2. The third kappa shape index (κ3) is 2.39. The van der Waals surface area contributed by atoms with Crippen molar-refractivity contribution in [3.63, 3.8) is 0 Å². The van der Waals surface area contributed by atoms with Gasteiger partial charge in [-0.2, -0.15) is 0 Å². The molecule has 19 heavy (non-hydrogen) atoms. The van der Waals surface area contributed by atoms with E-state index in [9.17, 15) is 4.79 Å². The minimum Gasteiger partial charge on any atom is -0.373 e. The molecule has 3 rings (SSSR count). The van der Waals surface area contributed by atoms with Crippen LogP contribution < -0.4 is 10.6 Å². The topological polar surface area (TPSA) is 54.0 Å². The monoisotopic (exact) mass is 273 g/mol. The smallest absolute Gasteiger partial charge is 0.247 e. The number of nitrogens with zero attached hydrogens (tertiary/aromatic N) is 1. The molecule has 5 heteroatoms. The lowest BCUT2D eigenvalue weighted by Gasteiger charge is -2.12. The van der Waals surface area contributed by atoms with Gasteiger partial charge in [-0.1, -0.05) is 29.8 Å². The predicted molar refractivity (Wildman–Crippen MR) is 75.4 cm³/mol. The summed E-state index contributed by atoms with van der Waals surface area (Å²) in [5, 5.41) is 6.47. The zero-order valence-electron chi connectivity index (χ0n) is 10.1. The first-order valence-corrected chi connectivity index (χ1v) is 6.36. The number of halogens is 1. The Morgan fingerprint density at radius 2 is 2.21 bits per heavy atom. The second kappa shape index (κ2) is 4.90. The van der Waals surface area contributed by atoms with E-state index >= 15 is 0 Å². The standard InChI is InChI=1S/C14H12ClN3O/c15-10-5-6-16-8-13(10)18-14(19)12-7-9-3-1-2-4-11(9)17-12/h1-6,8,12,17H,7H2,(H,18,19)/t12-/m0/s1. The van der Waals surface area contributed by atoms with Gasteiger partial charge in [-0.15, -0.1) is 0 Å². The van der Waals surface area contributed by atoms with E-state index in [2.05, 4.69) is 15.6 Å². The SMILES string of the molecule is O=C(Nc1cnccc1Cl)[C@@H]1Cc2ccccc2N1. The van der Waals surface area contributed by atoms with E-state index in [4.69, 9.17) is 11.6 Å². The summed E-state index contributed by atoms with van der Waals surface area (Å²) in [7, 11) is 0. The lowest BCUT2D eigenvalue weighted by atomic mass is 10.1. The zero-order valence-corrected chi connectivity index (χ0v) is 10.8. The van der Waals surface area contributed by atoms with Gasteiger partial charge in [0.05, 0.1) is 16.9 Å². The molecule has 0 spiro atoms. The summed E-state index contributed by atoms with van der Waals surface area (Å²) in [5.74, 6) is -0.105. The Hall–Kier alpha value is -2.07. The van der Waals surface area contributed by atoms with Crippen LogP contribution in [-0.2, 0) is 11.2 Å². The van der Waals surface area contributed by atoms with Crippen molar-refractivity contribution in [3.05, 3.63) is 53.3 Å². The maximum absolute atomic E-state index is 12.2. The summed E-state index contributed by atoms with van der Waals surface area (Å²) in [6, 6.07) is 9.29. The number of rotatable bonds is 2. The fraction of sp³-hybridized carbons (Fsp3) is 0.143. The van der Waals surface area contributed by atoms with E-state index in [0.29, 0.717) is 17.1 Å². The quantitative estimate of drug-likeness (QED) is 0.885. The molecule has 2 heterocycles. The van der Waals surface area contributed by atoms with Crippen molar-refractivity contribution in [2.24, 2.45) is 0 Å². The molecular formula is C14H12ClN3O. The van der Waals surface area contributed by atoms with Gasteiger partial charge < -0.3 is 10.6 Å². The summed E-state index contributed by atoms with van der Waals surface area (Å²) in [6.45, 7) is 0. The third-order valence-corrected chi connectivity index (χ3v) is 3.44. The summed E-state index contributed by atoms with van der Waals surface area (Å²) >= 11 is 5.99. The Morgan fingerprint density at radius 1 is 1.37 bits per heavy atom. The number of carbonyl (C=O) groups excluding carboxylic acids is 1. The molecule has 1 aliphatic rings. The normalized spacial score (nSPS) is 16.6. The molecule has 1 aliphatic heterocycles. The largest absolute Gasteiger partial charge is 0.373 e. The van der Waals surface area contributed by atoms with Crippen molar-refractivity contribution in [2.75, 3.05) is 10.6 Å². The number of anilines is 2. The fourth-order valence-corrected chi connectivity index (χ4v) is 2.30. The highest BCUT2D eigenvalue weighted by atomic mass is 35.5. The average molecular weight is 274 g/mol. The molecule has 1 atom stereocenters. The van der Waals surface area contributed by atoms with Crippen LogP contribution in [0.2, 0.25) is 5.02 Å². The van der Waals surface area contributed by atoms with Crippen LogP contribution in [0.1, 0.15) is 5.56 Å². The van der Waals surface area contributed by atoms with Crippen LogP contribution in [-0.4, -0.2) is 16.9 Å². The Labute approximate surface area is 115 Å². The Kier molecular flexibility index (Phi) is 3.09. The van der Waals surface area contributed by atoms with Crippen LogP contribution in [0, 0.1) is 0 Å². The number of benzene rings is 1. The van der Waals surface area contributed by atoms with Crippen LogP contribution in [0.15, 0.2) is 42.7 Å². The van der Waals surface area contributed by atoms with Gasteiger partial charge >= 0.3 is 0 Å². The zero-order chi connectivity index (χ0) is 13.2. The predicted octanol–water partition coefficient (Wildman–Crippen LogP) is 2.71. The molecule has 4 nitrogen and oxygen atoms in total. The van der Waals surface area contributed by atoms with Crippen LogP contribution in [0.4, 0.5) is 11.4 Å². The molecule has 2 aromatic rings. The maximum atomic E-state index is 12.2. The number of hydrogen-bond acceptors (Lipinski definition) is 3. The Morgan fingerprint density at radius 3 is 3.00 bits per heavy atom. The van der Waals surface area contributed by atoms with Crippen LogP contribution in [0.5, 0.6) is 0 Å². The minimum atomic E-state index is -0.270. The van der Waals surface area contributed by atoms with Gasteiger partial charge in [-0.05, 0) is 17.7 Å². The first-order valence-electron chi connectivity index (χ1n) is 5.99. The number of para-hydroxylation sites is 1. The van der Waals surface area contributed by atoms with Crippen molar-refractivity contribution < 1.29 is 4.79 Å². The Bertz CT molecular complexity index is 605. The van der Waals surface area contributed by atoms with Gasteiger partial charge in [0.25, 0.3) is 0 Å². The second-order valence-corrected chi connectivity index (χ2v) is 4.81. The number of pyridine rings is 1. The molecule has 0 aliphatic carbocycles. The van der Waals surface area contributed by atoms with Crippen molar-refractivity contribution in [2.45, 2.75) is 12.5 Å². The summed E-state index contributed by atoms with van der Waals surface area (Å²) in [4.78, 5) is 16.1. The van der Waals surface area contributed by atoms with E-state index in [1.165, 1.54) is 0 Å². The molecule has 0 saturated carbocycles. The van der Waals surface area contributed by atoms with E-state index < -0.39 is 0 Å². The minimum absolute atomic E-state index is 0.105. The summed E-state index contributed by atoms with van der Waals surface area (Å²) in [5.41, 5.74) is 2.70. The lowest BCUT2D eigenvalue weighted by Crippen LogP contribution is -2.32. The molecule has 0 saturated heterocycles. The Balaban J connectivity index is 1.72.